The van der Waals surface area contributed by atoms with Crippen LogP contribution in [0.4, 0.5) is 0 Å². The lowest BCUT2D eigenvalue weighted by atomic mass is 10.2. The summed E-state index contributed by atoms with van der Waals surface area (Å²) in [6.07, 6.45) is 10.2. The number of carbonyl (C=O) groups excluding carboxylic acids is 3. The molecule has 3 rings (SSSR count). The van der Waals surface area contributed by atoms with Crippen LogP contribution in [0.1, 0.15) is 77.6 Å². The summed E-state index contributed by atoms with van der Waals surface area (Å²) in [5, 5.41) is 0. The Morgan fingerprint density at radius 1 is 0.571 bits per heavy atom. The van der Waals surface area contributed by atoms with Gasteiger partial charge in [0.2, 0.25) is 0 Å². The maximum Gasteiger partial charge on any atom is 0.343 e. The normalized spacial score (nSPS) is 10.4. The van der Waals surface area contributed by atoms with E-state index in [1.807, 2.05) is 0 Å². The van der Waals surface area contributed by atoms with Gasteiger partial charge in [-0.3, -0.25) is 0 Å². The summed E-state index contributed by atoms with van der Waals surface area (Å²) in [6, 6.07) is 18.4. The zero-order valence-corrected chi connectivity index (χ0v) is 28.3. The van der Waals surface area contributed by atoms with Crippen LogP contribution >= 0.6 is 0 Å². The number of rotatable bonds is 23. The van der Waals surface area contributed by atoms with Crippen molar-refractivity contribution in [2.75, 3.05) is 26.4 Å². The van der Waals surface area contributed by atoms with Gasteiger partial charge in [-0.25, -0.2) is 14.4 Å². The maximum absolute atomic E-state index is 12.8. The Hall–Kier alpha value is -5.31. The highest BCUT2D eigenvalue weighted by atomic mass is 16.5. The lowest BCUT2D eigenvalue weighted by Crippen LogP contribution is -2.10. The van der Waals surface area contributed by atoms with Gasteiger partial charge in [-0.05, 0) is 137 Å². The number of carbonyl (C=O) groups is 3. The first-order valence-electron chi connectivity index (χ1n) is 16.5. The zero-order valence-electron chi connectivity index (χ0n) is 28.3. The standard InChI is InChI=1S/C40H46O9/c1-5-31(4)44-25-11-7-8-12-26-46-35-21-17-33(18-22-35)40(43)49-37-24-23-36(29-30(37)3)48-39(42)32-15-19-34(20-16-32)45-27-13-9-10-14-28-47-38(41)6-2/h5-6,15-24,29H,1-2,4,7-14,25-28H2,3H3. The predicted octanol–water partition coefficient (Wildman–Crippen LogP) is 8.76. The monoisotopic (exact) mass is 670 g/mol. The summed E-state index contributed by atoms with van der Waals surface area (Å²) in [5.74, 6) is 1.20. The van der Waals surface area contributed by atoms with Crippen molar-refractivity contribution in [1.29, 1.82) is 0 Å². The highest BCUT2D eigenvalue weighted by Gasteiger charge is 2.14. The van der Waals surface area contributed by atoms with Crippen LogP contribution in [0, 0.1) is 6.92 Å². The van der Waals surface area contributed by atoms with E-state index in [-0.39, 0.29) is 0 Å². The van der Waals surface area contributed by atoms with Crippen molar-refractivity contribution in [2.24, 2.45) is 0 Å². The van der Waals surface area contributed by atoms with Crippen molar-refractivity contribution in [3.63, 3.8) is 0 Å². The lowest BCUT2D eigenvalue weighted by molar-refractivity contribution is -0.137. The maximum atomic E-state index is 12.8. The van der Waals surface area contributed by atoms with E-state index < -0.39 is 17.9 Å². The third kappa shape index (κ3) is 14.6. The molecule has 260 valence electrons. The van der Waals surface area contributed by atoms with Crippen LogP contribution in [0.15, 0.2) is 104 Å². The van der Waals surface area contributed by atoms with Gasteiger partial charge in [0.15, 0.2) is 0 Å². The molecule has 0 bridgehead atoms. The molecule has 0 aliphatic rings. The van der Waals surface area contributed by atoms with Gasteiger partial charge in [0.1, 0.15) is 28.8 Å². The van der Waals surface area contributed by atoms with Crippen LogP contribution in [-0.4, -0.2) is 44.3 Å². The molecule has 9 heteroatoms. The van der Waals surface area contributed by atoms with Crippen LogP contribution in [-0.2, 0) is 14.3 Å². The van der Waals surface area contributed by atoms with E-state index in [1.165, 1.54) is 0 Å². The van der Waals surface area contributed by atoms with Gasteiger partial charge in [-0.15, -0.1) is 0 Å². The van der Waals surface area contributed by atoms with Gasteiger partial charge < -0.3 is 28.4 Å². The smallest absolute Gasteiger partial charge is 0.343 e. The molecule has 0 N–H and O–H groups in total. The Bertz CT molecular complexity index is 1520. The summed E-state index contributed by atoms with van der Waals surface area (Å²) in [4.78, 5) is 36.5. The van der Waals surface area contributed by atoms with E-state index in [1.54, 1.807) is 79.7 Å². The largest absolute Gasteiger partial charge is 0.494 e. The van der Waals surface area contributed by atoms with Crippen LogP contribution in [0.5, 0.6) is 23.0 Å². The number of hydrogen-bond acceptors (Lipinski definition) is 9. The van der Waals surface area contributed by atoms with Gasteiger partial charge in [0, 0.05) is 6.08 Å². The van der Waals surface area contributed by atoms with E-state index in [9.17, 15) is 14.4 Å². The molecule has 0 aromatic heterocycles. The number of allylic oxidation sites excluding steroid dienone is 1. The Morgan fingerprint density at radius 2 is 1.04 bits per heavy atom. The first kappa shape index (κ1) is 38.1. The third-order valence-electron chi connectivity index (χ3n) is 7.28. The molecule has 0 fully saturated rings. The van der Waals surface area contributed by atoms with Crippen molar-refractivity contribution >= 4 is 17.9 Å². The summed E-state index contributed by atoms with van der Waals surface area (Å²) in [5.41, 5.74) is 1.40. The molecule has 9 nitrogen and oxygen atoms in total. The number of esters is 3. The molecule has 0 radical (unpaired) electrons. The van der Waals surface area contributed by atoms with Gasteiger partial charge in [-0.1, -0.05) is 19.7 Å². The molecule has 0 saturated carbocycles. The Labute approximate surface area is 289 Å². The molecule has 0 atom stereocenters. The second kappa shape index (κ2) is 21.5. The summed E-state index contributed by atoms with van der Waals surface area (Å²) < 4.78 is 33.0. The fraction of sp³-hybridized carbons (Fsp3) is 0.325. The third-order valence-corrected chi connectivity index (χ3v) is 7.28. The second-order valence-electron chi connectivity index (χ2n) is 11.2. The number of benzene rings is 3. The minimum atomic E-state index is -0.518. The Kier molecular flexibility index (Phi) is 16.8. The molecule has 0 unspecified atom stereocenters. The summed E-state index contributed by atoms with van der Waals surface area (Å²) >= 11 is 0. The number of hydrogen-bond donors (Lipinski definition) is 0. The van der Waals surface area contributed by atoms with E-state index >= 15 is 0 Å². The number of aryl methyl sites for hydroxylation is 1. The van der Waals surface area contributed by atoms with E-state index in [0.717, 1.165) is 57.4 Å². The molecule has 3 aromatic carbocycles. The summed E-state index contributed by atoms with van der Waals surface area (Å²) in [7, 11) is 0. The molecule has 0 saturated heterocycles. The van der Waals surface area contributed by atoms with Gasteiger partial charge in [-0.2, -0.15) is 0 Å². The highest BCUT2D eigenvalue weighted by Crippen LogP contribution is 2.26. The minimum Gasteiger partial charge on any atom is -0.494 e. The first-order chi connectivity index (χ1) is 23.8. The molecule has 0 aliphatic carbocycles. The molecule has 0 aliphatic heterocycles. The van der Waals surface area contributed by atoms with Crippen LogP contribution < -0.4 is 18.9 Å². The van der Waals surface area contributed by atoms with Crippen LogP contribution in [0.2, 0.25) is 0 Å². The van der Waals surface area contributed by atoms with Crippen molar-refractivity contribution in [3.05, 3.63) is 121 Å². The van der Waals surface area contributed by atoms with Crippen molar-refractivity contribution in [2.45, 2.75) is 58.3 Å². The molecule has 0 spiro atoms. The van der Waals surface area contributed by atoms with Crippen molar-refractivity contribution < 1.29 is 42.8 Å². The number of unbranched alkanes of at least 4 members (excludes halogenated alkanes) is 6. The van der Waals surface area contributed by atoms with E-state index in [4.69, 9.17) is 28.4 Å². The Balaban J connectivity index is 1.35. The average Bonchev–Trinajstić information content (AvgIpc) is 3.11. The second-order valence-corrected chi connectivity index (χ2v) is 11.2. The average molecular weight is 671 g/mol. The van der Waals surface area contributed by atoms with Crippen LogP contribution in [0.3, 0.4) is 0 Å². The van der Waals surface area contributed by atoms with Gasteiger partial charge >= 0.3 is 17.9 Å². The first-order valence-corrected chi connectivity index (χ1v) is 16.5. The van der Waals surface area contributed by atoms with E-state index in [2.05, 4.69) is 19.7 Å². The fourth-order valence-electron chi connectivity index (χ4n) is 4.49. The SMILES string of the molecule is C=CC(=C)OCCCCCCOc1ccc(C(=O)Oc2ccc(OC(=O)c3ccc(OCCCCCCOC(=O)C=C)cc3)cc2C)cc1. The molecular formula is C40H46O9. The number of ether oxygens (including phenoxy) is 6. The highest BCUT2D eigenvalue weighted by molar-refractivity contribution is 5.92. The zero-order chi connectivity index (χ0) is 35.3. The molecule has 3 aromatic rings. The van der Waals surface area contributed by atoms with E-state index in [0.29, 0.717) is 71.9 Å². The van der Waals surface area contributed by atoms with Gasteiger partial charge in [0.05, 0.1) is 37.6 Å². The molecule has 0 heterocycles. The van der Waals surface area contributed by atoms with Crippen LogP contribution in [0.25, 0.3) is 0 Å². The Morgan fingerprint density at radius 3 is 1.53 bits per heavy atom. The molecular weight excluding hydrogens is 624 g/mol. The van der Waals surface area contributed by atoms with Crippen molar-refractivity contribution in [3.8, 4) is 23.0 Å². The van der Waals surface area contributed by atoms with Crippen molar-refractivity contribution in [1.82, 2.24) is 0 Å². The topological polar surface area (TPSA) is 107 Å². The molecule has 49 heavy (non-hydrogen) atoms. The summed E-state index contributed by atoms with van der Waals surface area (Å²) in [6.45, 7) is 14.6. The molecule has 0 amide bonds. The fourth-order valence-corrected chi connectivity index (χ4v) is 4.49. The predicted molar refractivity (Wildman–Crippen MR) is 188 cm³/mol. The minimum absolute atomic E-state index is 0.329. The quantitative estimate of drug-likeness (QED) is 0.0244. The van der Waals surface area contributed by atoms with Gasteiger partial charge in [0.25, 0.3) is 0 Å². The lowest BCUT2D eigenvalue weighted by Gasteiger charge is -2.11.